The monoisotopic (exact) mass is 587 g/mol. The molecule has 0 radical (unpaired) electrons. The Balaban J connectivity index is 1.89. The van der Waals surface area contributed by atoms with Gasteiger partial charge in [0.2, 0.25) is 11.8 Å². The van der Waals surface area contributed by atoms with Crippen LogP contribution in [-0.4, -0.2) is 76.7 Å². The van der Waals surface area contributed by atoms with Crippen LogP contribution in [0.5, 0.6) is 0 Å². The first-order valence-corrected chi connectivity index (χ1v) is 13.0. The van der Waals surface area contributed by atoms with Crippen LogP contribution in [0.25, 0.3) is 10.9 Å². The maximum atomic E-state index is 13.5. The van der Waals surface area contributed by atoms with Gasteiger partial charge in [0.1, 0.15) is 11.8 Å². The van der Waals surface area contributed by atoms with E-state index < -0.39 is 53.6 Å². The molecule has 224 valence electrons. The molecule has 2 amide bonds. The highest BCUT2D eigenvalue weighted by atomic mass is 19.4. The van der Waals surface area contributed by atoms with Crippen LogP contribution in [0.4, 0.5) is 13.2 Å². The molecule has 0 unspecified atom stereocenters. The second-order valence-corrected chi connectivity index (χ2v) is 9.45. The Labute approximate surface area is 239 Å². The molecule has 8 N–H and O–H groups in total. The zero-order valence-electron chi connectivity index (χ0n) is 22.6. The summed E-state index contributed by atoms with van der Waals surface area (Å²) in [6.45, 7) is 0.717. The number of carbonyl (C=O) groups is 3. The van der Waals surface area contributed by atoms with Gasteiger partial charge in [-0.05, 0) is 29.8 Å². The van der Waals surface area contributed by atoms with Gasteiger partial charge in [0.25, 0.3) is 0 Å². The number of nitrogens with two attached hydrogens (primary N) is 3. The zero-order valence-corrected chi connectivity index (χ0v) is 22.6. The molecule has 0 fully saturated rings. The number of para-hydroxylation sites is 1. The second-order valence-electron chi connectivity index (χ2n) is 9.45. The van der Waals surface area contributed by atoms with Gasteiger partial charge in [-0.15, -0.1) is 0 Å². The van der Waals surface area contributed by atoms with Gasteiger partial charge >= 0.3 is 6.18 Å². The van der Waals surface area contributed by atoms with E-state index >= 15 is 0 Å². The number of fused-ring (bicyclic) bond motifs is 1. The molecule has 1 aromatic heterocycles. The van der Waals surface area contributed by atoms with Gasteiger partial charge in [0, 0.05) is 49.7 Å². The summed E-state index contributed by atoms with van der Waals surface area (Å²) in [7, 11) is 0. The quantitative estimate of drug-likeness (QED) is 0.112. The van der Waals surface area contributed by atoms with Crippen molar-refractivity contribution in [1.29, 1.82) is 0 Å². The predicted molar refractivity (Wildman–Crippen MR) is 149 cm³/mol. The van der Waals surface area contributed by atoms with Crippen molar-refractivity contribution in [1.82, 2.24) is 15.2 Å². The third-order valence-electron chi connectivity index (χ3n) is 6.41. The highest BCUT2D eigenvalue weighted by Gasteiger charge is 2.33. The van der Waals surface area contributed by atoms with Crippen molar-refractivity contribution in [3.8, 4) is 0 Å². The summed E-state index contributed by atoms with van der Waals surface area (Å²) >= 11 is 0. The number of carbonyl (C=O) groups excluding carboxylic acids is 3. The average Bonchev–Trinajstić information content (AvgIpc) is 2.96. The van der Waals surface area contributed by atoms with Gasteiger partial charge in [-0.3, -0.25) is 19.4 Å². The van der Waals surface area contributed by atoms with Gasteiger partial charge in [-0.2, -0.15) is 13.2 Å². The summed E-state index contributed by atoms with van der Waals surface area (Å²) in [6, 6.07) is 9.41. The van der Waals surface area contributed by atoms with Crippen LogP contribution >= 0.6 is 0 Å². The number of nitrogens with one attached hydrogen (secondary N) is 1. The van der Waals surface area contributed by atoms with Crippen LogP contribution in [0.15, 0.2) is 65.9 Å². The lowest BCUT2D eigenvalue weighted by Crippen LogP contribution is -2.54. The minimum atomic E-state index is -4.62. The Morgan fingerprint density at radius 1 is 1.02 bits per heavy atom. The van der Waals surface area contributed by atoms with E-state index in [1.165, 1.54) is 11.1 Å². The molecule has 42 heavy (non-hydrogen) atoms. The number of aromatic nitrogens is 1. The fraction of sp³-hybridized carbons (Fsp3) is 0.321. The molecule has 0 saturated carbocycles. The van der Waals surface area contributed by atoms with Gasteiger partial charge < -0.3 is 32.6 Å². The van der Waals surface area contributed by atoms with E-state index in [-0.39, 0.29) is 38.2 Å². The van der Waals surface area contributed by atoms with Gasteiger partial charge in [-0.1, -0.05) is 35.5 Å². The molecule has 3 rings (SSSR count). The number of Topliss-reactive ketones (excluding diaryl/α,β-unsaturated/α-hetero) is 1. The summed E-state index contributed by atoms with van der Waals surface area (Å²) in [6.07, 6.45) is -3.87. The molecule has 0 aliphatic carbocycles. The molecule has 0 bridgehead atoms. The number of halogens is 3. The molecule has 2 aromatic carbocycles. The minimum Gasteiger partial charge on any atom is -0.411 e. The van der Waals surface area contributed by atoms with Gasteiger partial charge in [0.05, 0.1) is 23.5 Å². The van der Waals surface area contributed by atoms with Crippen LogP contribution < -0.4 is 22.5 Å². The molecule has 2 atom stereocenters. The van der Waals surface area contributed by atoms with Crippen LogP contribution in [0.2, 0.25) is 0 Å². The van der Waals surface area contributed by atoms with E-state index in [9.17, 15) is 32.8 Å². The molecule has 14 heteroatoms. The topological polar surface area (TPSA) is 190 Å². The normalized spacial score (nSPS) is 13.4. The first-order chi connectivity index (χ1) is 20.0. The Bertz CT molecular complexity index is 1430. The Kier molecular flexibility index (Phi) is 11.1. The minimum absolute atomic E-state index is 0.0532. The number of benzene rings is 2. The molecule has 0 spiro atoms. The predicted octanol–water partition coefficient (Wildman–Crippen LogP) is 1.19. The number of hydrogen-bond donors (Lipinski definition) is 5. The van der Waals surface area contributed by atoms with E-state index in [1.807, 2.05) is 0 Å². The lowest BCUT2D eigenvalue weighted by molar-refractivity contribution is -0.137. The number of ketones is 1. The van der Waals surface area contributed by atoms with Crippen molar-refractivity contribution >= 4 is 34.2 Å². The fourth-order valence-electron chi connectivity index (χ4n) is 4.26. The summed E-state index contributed by atoms with van der Waals surface area (Å²) in [5, 5.41) is 16.2. The van der Waals surface area contributed by atoms with Crippen LogP contribution in [-0.2, 0) is 27.0 Å². The largest absolute Gasteiger partial charge is 0.416 e. The third-order valence-corrected chi connectivity index (χ3v) is 6.41. The summed E-state index contributed by atoms with van der Waals surface area (Å²) in [5.74, 6) is -2.08. The summed E-state index contributed by atoms with van der Waals surface area (Å²) < 4.78 is 39.3. The highest BCUT2D eigenvalue weighted by molar-refractivity contribution is 6.18. The maximum absolute atomic E-state index is 13.5. The van der Waals surface area contributed by atoms with E-state index in [0.717, 1.165) is 29.7 Å². The van der Waals surface area contributed by atoms with Crippen LogP contribution in [0.3, 0.4) is 0 Å². The molecule has 0 aliphatic heterocycles. The van der Waals surface area contributed by atoms with Gasteiger partial charge in [-0.25, -0.2) is 0 Å². The maximum Gasteiger partial charge on any atom is 0.416 e. The van der Waals surface area contributed by atoms with Crippen molar-refractivity contribution in [3.63, 3.8) is 0 Å². The SMILES string of the molecule is NCCN(CCN)C(=O)C[C@H](N)C(=O)N[C@H](C(=O)Cc1cnc2ccccc2c1)C(=NO)c1ccc(C(F)(F)F)cc1. The summed E-state index contributed by atoms with van der Waals surface area (Å²) in [5.41, 5.74) is 16.8. The van der Waals surface area contributed by atoms with Crippen molar-refractivity contribution in [2.45, 2.75) is 31.1 Å². The van der Waals surface area contributed by atoms with E-state index in [0.29, 0.717) is 11.1 Å². The van der Waals surface area contributed by atoms with Crippen LogP contribution in [0.1, 0.15) is 23.1 Å². The lowest BCUT2D eigenvalue weighted by atomic mass is 9.94. The van der Waals surface area contributed by atoms with Gasteiger partial charge in [0.15, 0.2) is 5.78 Å². The number of alkyl halides is 3. The smallest absolute Gasteiger partial charge is 0.411 e. The molecule has 3 aromatic rings. The Morgan fingerprint density at radius 2 is 1.67 bits per heavy atom. The van der Waals surface area contributed by atoms with Crippen molar-refractivity contribution in [3.05, 3.63) is 77.5 Å². The highest BCUT2D eigenvalue weighted by Crippen LogP contribution is 2.29. The number of amides is 2. The fourth-order valence-corrected chi connectivity index (χ4v) is 4.26. The zero-order chi connectivity index (χ0) is 30.9. The molecular formula is C28H32F3N7O4. The molecule has 1 heterocycles. The van der Waals surface area contributed by atoms with E-state index in [4.69, 9.17) is 17.2 Å². The first-order valence-electron chi connectivity index (χ1n) is 13.0. The third kappa shape index (κ3) is 8.31. The molecular weight excluding hydrogens is 555 g/mol. The lowest BCUT2D eigenvalue weighted by Gasteiger charge is -2.24. The second kappa shape index (κ2) is 14.5. The molecule has 11 nitrogen and oxygen atoms in total. The standard InChI is InChI=1S/C28H32F3N7O4/c29-28(30,31)20-7-5-18(6-8-20)25(37-42)26(23(39)14-17-13-19-3-1-2-4-22(19)35-16-17)36-27(41)21(34)15-24(40)38(11-9-32)12-10-33/h1-8,13,16,21,26,42H,9-12,14-15,32-34H2,(H,36,41)/t21-,26+/m0/s1. The van der Waals surface area contributed by atoms with E-state index in [1.54, 1.807) is 30.3 Å². The van der Waals surface area contributed by atoms with E-state index in [2.05, 4.69) is 15.5 Å². The van der Waals surface area contributed by atoms with Crippen molar-refractivity contribution in [2.24, 2.45) is 22.4 Å². The van der Waals surface area contributed by atoms with Crippen LogP contribution in [0, 0.1) is 0 Å². The molecule has 0 aliphatic rings. The number of rotatable bonds is 13. The number of pyridine rings is 1. The number of nitrogens with zero attached hydrogens (tertiary/aromatic N) is 3. The number of oxime groups is 1. The first kappa shape index (κ1) is 32.1. The Morgan fingerprint density at radius 3 is 2.26 bits per heavy atom. The van der Waals surface area contributed by atoms with Crippen molar-refractivity contribution < 1.29 is 32.8 Å². The number of hydrogen-bond acceptors (Lipinski definition) is 9. The average molecular weight is 588 g/mol. The molecule has 0 saturated heterocycles. The van der Waals surface area contributed by atoms with Crippen molar-refractivity contribution in [2.75, 3.05) is 26.2 Å². The summed E-state index contributed by atoms with van der Waals surface area (Å²) in [4.78, 5) is 45.0. The Hall–Kier alpha value is -4.40.